The Labute approximate surface area is 85.2 Å². The van der Waals surface area contributed by atoms with Gasteiger partial charge in [-0.05, 0) is 25.8 Å². The molecule has 2 saturated heterocycles. The van der Waals surface area contributed by atoms with Crippen molar-refractivity contribution in [2.24, 2.45) is 5.73 Å². The van der Waals surface area contributed by atoms with Gasteiger partial charge in [0.1, 0.15) is 0 Å². The summed E-state index contributed by atoms with van der Waals surface area (Å²) in [5, 5.41) is 0.865. The molecular weight excluding hydrogens is 180 g/mol. The number of thioether (sulfide) groups is 1. The molecule has 2 fully saturated rings. The van der Waals surface area contributed by atoms with E-state index in [9.17, 15) is 0 Å². The van der Waals surface area contributed by atoms with E-state index in [2.05, 4.69) is 23.6 Å². The van der Waals surface area contributed by atoms with Gasteiger partial charge in [0.2, 0.25) is 0 Å². The smallest absolute Gasteiger partial charge is 0.0222 e. The van der Waals surface area contributed by atoms with Crippen LogP contribution in [-0.4, -0.2) is 41.1 Å². The van der Waals surface area contributed by atoms with Crippen LogP contribution >= 0.6 is 11.8 Å². The second-order valence-electron chi connectivity index (χ2n) is 4.30. The van der Waals surface area contributed by atoms with Crippen molar-refractivity contribution >= 4 is 11.8 Å². The van der Waals surface area contributed by atoms with Crippen LogP contribution in [0.1, 0.15) is 26.2 Å². The maximum absolute atomic E-state index is 5.78. The fourth-order valence-electron chi connectivity index (χ4n) is 2.62. The first-order valence-corrected chi connectivity index (χ1v) is 6.43. The van der Waals surface area contributed by atoms with Crippen LogP contribution in [0.2, 0.25) is 0 Å². The van der Waals surface area contributed by atoms with Crippen molar-refractivity contribution in [2.75, 3.05) is 18.8 Å². The minimum atomic E-state index is 0.691. The number of nitrogens with zero attached hydrogens (tertiary/aromatic N) is 1. The van der Waals surface area contributed by atoms with Crippen molar-refractivity contribution in [1.29, 1.82) is 0 Å². The average molecular weight is 200 g/mol. The lowest BCUT2D eigenvalue weighted by molar-refractivity contribution is 0.196. The van der Waals surface area contributed by atoms with Crippen molar-refractivity contribution in [3.8, 4) is 0 Å². The van der Waals surface area contributed by atoms with Crippen LogP contribution in [0.3, 0.4) is 0 Å². The Morgan fingerprint density at radius 1 is 1.54 bits per heavy atom. The number of nitrogens with two attached hydrogens (primary N) is 1. The maximum atomic E-state index is 5.78. The summed E-state index contributed by atoms with van der Waals surface area (Å²) in [5.74, 6) is 1.33. The van der Waals surface area contributed by atoms with Crippen LogP contribution < -0.4 is 5.73 Å². The highest BCUT2D eigenvalue weighted by Crippen LogP contribution is 2.33. The zero-order chi connectivity index (χ0) is 9.26. The molecule has 2 heterocycles. The quantitative estimate of drug-likeness (QED) is 0.728. The largest absolute Gasteiger partial charge is 0.329 e. The van der Waals surface area contributed by atoms with Gasteiger partial charge in [-0.1, -0.05) is 6.92 Å². The summed E-state index contributed by atoms with van der Waals surface area (Å²) in [7, 11) is 0. The molecule has 2 aliphatic rings. The molecule has 2 rings (SSSR count). The Morgan fingerprint density at radius 2 is 2.38 bits per heavy atom. The first-order valence-electron chi connectivity index (χ1n) is 5.38. The Bertz CT molecular complexity index is 174. The van der Waals surface area contributed by atoms with Gasteiger partial charge in [-0.25, -0.2) is 0 Å². The van der Waals surface area contributed by atoms with Crippen LogP contribution in [0.4, 0.5) is 0 Å². The van der Waals surface area contributed by atoms with Gasteiger partial charge < -0.3 is 5.73 Å². The van der Waals surface area contributed by atoms with E-state index in [-0.39, 0.29) is 0 Å². The number of hydrogen-bond acceptors (Lipinski definition) is 3. The van der Waals surface area contributed by atoms with E-state index in [0.29, 0.717) is 6.04 Å². The third-order valence-corrected chi connectivity index (χ3v) is 4.68. The van der Waals surface area contributed by atoms with E-state index in [1.54, 1.807) is 0 Å². The first kappa shape index (κ1) is 9.81. The molecule has 3 heteroatoms. The lowest BCUT2D eigenvalue weighted by atomic mass is 10.1. The van der Waals surface area contributed by atoms with Crippen LogP contribution in [0, 0.1) is 0 Å². The summed E-state index contributed by atoms with van der Waals surface area (Å²) >= 11 is 2.12. The van der Waals surface area contributed by atoms with Crippen molar-refractivity contribution < 1.29 is 0 Å². The molecule has 76 valence electrons. The zero-order valence-electron chi connectivity index (χ0n) is 8.41. The van der Waals surface area contributed by atoms with Crippen molar-refractivity contribution in [3.05, 3.63) is 0 Å². The average Bonchev–Trinajstić information content (AvgIpc) is 2.71. The summed E-state index contributed by atoms with van der Waals surface area (Å²) in [6.45, 7) is 4.49. The minimum Gasteiger partial charge on any atom is -0.329 e. The van der Waals surface area contributed by atoms with Crippen molar-refractivity contribution in [3.63, 3.8) is 0 Å². The molecule has 0 saturated carbocycles. The molecule has 0 radical (unpaired) electrons. The Balaban J connectivity index is 1.92. The lowest BCUT2D eigenvalue weighted by Crippen LogP contribution is -2.42. The molecule has 3 unspecified atom stereocenters. The molecule has 13 heavy (non-hydrogen) atoms. The van der Waals surface area contributed by atoms with Crippen LogP contribution in [-0.2, 0) is 0 Å². The molecule has 0 aromatic heterocycles. The number of likely N-dealkylation sites (tertiary alicyclic amines) is 1. The van der Waals surface area contributed by atoms with Crippen molar-refractivity contribution in [2.45, 2.75) is 43.5 Å². The van der Waals surface area contributed by atoms with Crippen LogP contribution in [0.5, 0.6) is 0 Å². The minimum absolute atomic E-state index is 0.691. The third kappa shape index (κ3) is 2.03. The molecule has 0 aromatic rings. The van der Waals surface area contributed by atoms with Gasteiger partial charge in [-0.3, -0.25) is 4.90 Å². The predicted octanol–water partition coefficient (Wildman–Crippen LogP) is 1.30. The fourth-order valence-corrected chi connectivity index (χ4v) is 3.85. The van der Waals surface area contributed by atoms with E-state index < -0.39 is 0 Å². The Hall–Kier alpha value is 0.270. The summed E-state index contributed by atoms with van der Waals surface area (Å²) in [6.07, 6.45) is 4.06. The van der Waals surface area contributed by atoms with Crippen LogP contribution in [0.15, 0.2) is 0 Å². The Morgan fingerprint density at radius 3 is 3.00 bits per heavy atom. The second-order valence-corrected chi connectivity index (χ2v) is 5.77. The highest BCUT2D eigenvalue weighted by Gasteiger charge is 2.33. The molecule has 2 N–H and O–H groups in total. The third-order valence-electron chi connectivity index (χ3n) is 3.34. The summed E-state index contributed by atoms with van der Waals surface area (Å²) < 4.78 is 0. The van der Waals surface area contributed by atoms with Gasteiger partial charge in [0.05, 0.1) is 0 Å². The van der Waals surface area contributed by atoms with E-state index in [4.69, 9.17) is 5.73 Å². The molecular formula is C10H20N2S. The van der Waals surface area contributed by atoms with E-state index in [1.807, 2.05) is 0 Å². The van der Waals surface area contributed by atoms with Gasteiger partial charge in [-0.15, -0.1) is 0 Å². The normalized spacial score (nSPS) is 41.5. The molecule has 0 amide bonds. The lowest BCUT2D eigenvalue weighted by Gasteiger charge is -2.29. The van der Waals surface area contributed by atoms with E-state index in [0.717, 1.165) is 17.8 Å². The number of rotatable bonds is 2. The summed E-state index contributed by atoms with van der Waals surface area (Å²) in [4.78, 5) is 2.66. The van der Waals surface area contributed by atoms with E-state index >= 15 is 0 Å². The highest BCUT2D eigenvalue weighted by molar-refractivity contribution is 8.00. The maximum Gasteiger partial charge on any atom is 0.0222 e. The van der Waals surface area contributed by atoms with Gasteiger partial charge in [0, 0.05) is 29.6 Å². The standard InChI is InChI=1S/C10H20N2S/c1-8-5-10(7-13-8)12-4-2-3-9(12)6-11/h8-10H,2-7,11H2,1H3. The summed E-state index contributed by atoms with van der Waals surface area (Å²) in [5.41, 5.74) is 5.78. The Kier molecular flexibility index (Phi) is 3.17. The van der Waals surface area contributed by atoms with E-state index in [1.165, 1.54) is 31.6 Å². The number of hydrogen-bond donors (Lipinski definition) is 1. The molecule has 0 aliphatic carbocycles. The van der Waals surface area contributed by atoms with Gasteiger partial charge in [-0.2, -0.15) is 11.8 Å². The summed E-state index contributed by atoms with van der Waals surface area (Å²) in [6, 6.07) is 1.52. The molecule has 3 atom stereocenters. The second kappa shape index (κ2) is 4.20. The fraction of sp³-hybridized carbons (Fsp3) is 1.00. The molecule has 0 spiro atoms. The topological polar surface area (TPSA) is 29.3 Å². The SMILES string of the molecule is CC1CC(N2CCCC2CN)CS1. The predicted molar refractivity (Wildman–Crippen MR) is 59.1 cm³/mol. The van der Waals surface area contributed by atoms with Crippen LogP contribution in [0.25, 0.3) is 0 Å². The molecule has 2 nitrogen and oxygen atoms in total. The zero-order valence-corrected chi connectivity index (χ0v) is 9.22. The van der Waals surface area contributed by atoms with Gasteiger partial charge >= 0.3 is 0 Å². The van der Waals surface area contributed by atoms with Crippen molar-refractivity contribution in [1.82, 2.24) is 4.90 Å². The highest BCUT2D eigenvalue weighted by atomic mass is 32.2. The van der Waals surface area contributed by atoms with Gasteiger partial charge in [0.25, 0.3) is 0 Å². The van der Waals surface area contributed by atoms with Gasteiger partial charge in [0.15, 0.2) is 0 Å². The molecule has 0 bridgehead atoms. The molecule has 2 aliphatic heterocycles. The first-order chi connectivity index (χ1) is 6.31. The molecule has 0 aromatic carbocycles. The monoisotopic (exact) mass is 200 g/mol.